The van der Waals surface area contributed by atoms with E-state index < -0.39 is 0 Å². The Morgan fingerprint density at radius 3 is 2.36 bits per heavy atom. The van der Waals surface area contributed by atoms with E-state index in [0.29, 0.717) is 5.92 Å². The number of allylic oxidation sites excluding steroid dienone is 3. The molecule has 0 aromatic heterocycles. The van der Waals surface area contributed by atoms with Gasteiger partial charge >= 0.3 is 0 Å². The van der Waals surface area contributed by atoms with E-state index in [9.17, 15) is 0 Å². The summed E-state index contributed by atoms with van der Waals surface area (Å²) in [6.45, 7) is 13.0. The second-order valence-corrected chi connectivity index (χ2v) is 3.64. The fourth-order valence-corrected chi connectivity index (χ4v) is 1.15. The molecule has 0 amide bonds. The molecule has 2 heteroatoms. The van der Waals surface area contributed by atoms with E-state index >= 15 is 0 Å². The van der Waals surface area contributed by atoms with E-state index in [1.807, 2.05) is 20.9 Å². The van der Waals surface area contributed by atoms with Crippen LogP contribution < -0.4 is 5.32 Å². The second-order valence-electron chi connectivity index (χ2n) is 3.64. The zero-order valence-corrected chi connectivity index (χ0v) is 10.0. The van der Waals surface area contributed by atoms with Crippen molar-refractivity contribution >= 4 is 5.71 Å². The van der Waals surface area contributed by atoms with Gasteiger partial charge in [0.25, 0.3) is 0 Å². The van der Waals surface area contributed by atoms with Gasteiger partial charge < -0.3 is 5.32 Å². The predicted octanol–water partition coefficient (Wildman–Crippen LogP) is 2.78. The molecule has 0 saturated carbocycles. The first-order valence-electron chi connectivity index (χ1n) is 5.12. The third kappa shape index (κ3) is 4.26. The average Bonchev–Trinajstić information content (AvgIpc) is 2.11. The van der Waals surface area contributed by atoms with E-state index in [1.165, 1.54) is 5.70 Å². The molecular formula is C12H22N2. The van der Waals surface area contributed by atoms with Crippen LogP contribution in [0.15, 0.2) is 28.9 Å². The number of nitrogens with zero attached hydrogens (tertiary/aromatic N) is 1. The van der Waals surface area contributed by atoms with Gasteiger partial charge in [-0.05, 0) is 31.4 Å². The summed E-state index contributed by atoms with van der Waals surface area (Å²) in [5.41, 5.74) is 3.20. The van der Waals surface area contributed by atoms with Crippen LogP contribution in [-0.4, -0.2) is 19.3 Å². The summed E-state index contributed by atoms with van der Waals surface area (Å²) in [6, 6.07) is 0. The van der Waals surface area contributed by atoms with Crippen molar-refractivity contribution in [3.63, 3.8) is 0 Å². The van der Waals surface area contributed by atoms with Gasteiger partial charge in [-0.2, -0.15) is 0 Å². The molecule has 0 bridgehead atoms. The summed E-state index contributed by atoms with van der Waals surface area (Å²) in [7, 11) is 1.94. The van der Waals surface area contributed by atoms with Crippen molar-refractivity contribution in [2.45, 2.75) is 27.7 Å². The zero-order valence-electron chi connectivity index (χ0n) is 10.0. The Kier molecular flexibility index (Phi) is 5.93. The van der Waals surface area contributed by atoms with Gasteiger partial charge in [-0.3, -0.25) is 4.99 Å². The summed E-state index contributed by atoms with van der Waals surface area (Å²) in [4.78, 5) is 4.39. The minimum Gasteiger partial charge on any atom is -0.391 e. The van der Waals surface area contributed by atoms with Crippen LogP contribution in [0.4, 0.5) is 0 Å². The minimum atomic E-state index is 0.487. The fraction of sp³-hybridized carbons (Fsp3) is 0.583. The van der Waals surface area contributed by atoms with Crippen molar-refractivity contribution in [1.29, 1.82) is 0 Å². The van der Waals surface area contributed by atoms with Gasteiger partial charge in [-0.15, -0.1) is 0 Å². The molecule has 0 aliphatic carbocycles. The highest BCUT2D eigenvalue weighted by Crippen LogP contribution is 2.07. The van der Waals surface area contributed by atoms with Crippen LogP contribution in [0.5, 0.6) is 0 Å². The predicted molar refractivity (Wildman–Crippen MR) is 64.8 cm³/mol. The monoisotopic (exact) mass is 194 g/mol. The third-order valence-corrected chi connectivity index (χ3v) is 1.97. The number of hydrogen-bond acceptors (Lipinski definition) is 2. The number of nitrogens with one attached hydrogen (secondary N) is 1. The van der Waals surface area contributed by atoms with Gasteiger partial charge in [0.05, 0.1) is 5.71 Å². The molecule has 0 radical (unpaired) electrons. The standard InChI is InChI=1S/C12H22N2/c1-7-14-12(10(4)5)8-11(13-6)9(2)3/h8-9,13H,4,7H2,1-3,5-6H3. The maximum absolute atomic E-state index is 4.39. The van der Waals surface area contributed by atoms with E-state index in [-0.39, 0.29) is 0 Å². The molecule has 0 rings (SSSR count). The molecule has 0 aromatic rings. The molecule has 2 nitrogen and oxygen atoms in total. The lowest BCUT2D eigenvalue weighted by molar-refractivity contribution is 0.700. The van der Waals surface area contributed by atoms with E-state index in [4.69, 9.17) is 0 Å². The van der Waals surface area contributed by atoms with Crippen LogP contribution in [0.1, 0.15) is 27.7 Å². The molecule has 0 unspecified atom stereocenters. The Morgan fingerprint density at radius 1 is 1.50 bits per heavy atom. The molecule has 0 atom stereocenters. The Bertz CT molecular complexity index is 247. The van der Waals surface area contributed by atoms with Crippen molar-refractivity contribution in [3.05, 3.63) is 23.9 Å². The minimum absolute atomic E-state index is 0.487. The molecule has 14 heavy (non-hydrogen) atoms. The van der Waals surface area contributed by atoms with Crippen molar-refractivity contribution in [2.75, 3.05) is 13.6 Å². The molecule has 0 aliphatic rings. The lowest BCUT2D eigenvalue weighted by Gasteiger charge is -2.11. The number of aliphatic imine (C=N–C) groups is 1. The fourth-order valence-electron chi connectivity index (χ4n) is 1.15. The van der Waals surface area contributed by atoms with E-state index in [2.05, 4.69) is 36.8 Å². The van der Waals surface area contributed by atoms with Gasteiger partial charge in [0, 0.05) is 19.3 Å². The lowest BCUT2D eigenvalue weighted by atomic mass is 10.1. The number of hydrogen-bond donors (Lipinski definition) is 1. The van der Waals surface area contributed by atoms with Crippen LogP contribution >= 0.6 is 0 Å². The molecule has 1 N–H and O–H groups in total. The summed E-state index contributed by atoms with van der Waals surface area (Å²) in [5, 5.41) is 3.18. The first kappa shape index (κ1) is 12.9. The van der Waals surface area contributed by atoms with Crippen molar-refractivity contribution < 1.29 is 0 Å². The SMILES string of the molecule is C=C(C)C(C=C(NC)C(C)C)=NCC. The van der Waals surface area contributed by atoms with Crippen LogP contribution in [0.3, 0.4) is 0 Å². The van der Waals surface area contributed by atoms with Crippen LogP contribution in [0.25, 0.3) is 0 Å². The summed E-state index contributed by atoms with van der Waals surface area (Å²) in [5.74, 6) is 0.487. The van der Waals surface area contributed by atoms with Gasteiger partial charge in [0.2, 0.25) is 0 Å². The highest BCUT2D eigenvalue weighted by atomic mass is 14.8. The van der Waals surface area contributed by atoms with Gasteiger partial charge in [-0.25, -0.2) is 0 Å². The van der Waals surface area contributed by atoms with Gasteiger partial charge in [0.1, 0.15) is 0 Å². The smallest absolute Gasteiger partial charge is 0.0614 e. The van der Waals surface area contributed by atoms with Crippen LogP contribution in [-0.2, 0) is 0 Å². The molecular weight excluding hydrogens is 172 g/mol. The first-order chi connectivity index (χ1) is 6.52. The second kappa shape index (κ2) is 6.41. The highest BCUT2D eigenvalue weighted by Gasteiger charge is 2.03. The van der Waals surface area contributed by atoms with Crippen LogP contribution in [0, 0.1) is 5.92 Å². The molecule has 0 aliphatic heterocycles. The molecule has 0 saturated heterocycles. The highest BCUT2D eigenvalue weighted by molar-refractivity contribution is 6.07. The van der Waals surface area contributed by atoms with Crippen molar-refractivity contribution in [2.24, 2.45) is 10.9 Å². The largest absolute Gasteiger partial charge is 0.391 e. The van der Waals surface area contributed by atoms with Gasteiger partial charge in [-0.1, -0.05) is 20.4 Å². The molecule has 0 aromatic carbocycles. The Morgan fingerprint density at radius 2 is 2.07 bits per heavy atom. The molecule has 0 spiro atoms. The Balaban J connectivity index is 4.87. The van der Waals surface area contributed by atoms with Crippen LogP contribution in [0.2, 0.25) is 0 Å². The summed E-state index contributed by atoms with van der Waals surface area (Å²) >= 11 is 0. The van der Waals surface area contributed by atoms with E-state index in [1.54, 1.807) is 0 Å². The summed E-state index contributed by atoms with van der Waals surface area (Å²) < 4.78 is 0. The maximum atomic E-state index is 4.39. The number of rotatable bonds is 5. The van der Waals surface area contributed by atoms with Crippen molar-refractivity contribution in [3.8, 4) is 0 Å². The Labute approximate surface area is 87.8 Å². The van der Waals surface area contributed by atoms with Crippen molar-refractivity contribution in [1.82, 2.24) is 5.32 Å². The molecule has 0 fully saturated rings. The Hall–Kier alpha value is -1.05. The zero-order chi connectivity index (χ0) is 11.1. The normalized spacial score (nSPS) is 13.3. The quantitative estimate of drug-likeness (QED) is 0.669. The topological polar surface area (TPSA) is 24.4 Å². The van der Waals surface area contributed by atoms with E-state index in [0.717, 1.165) is 17.8 Å². The molecule has 80 valence electrons. The first-order valence-corrected chi connectivity index (χ1v) is 5.12. The maximum Gasteiger partial charge on any atom is 0.0614 e. The average molecular weight is 194 g/mol. The lowest BCUT2D eigenvalue weighted by Crippen LogP contribution is -2.14. The molecule has 0 heterocycles. The summed E-state index contributed by atoms with van der Waals surface area (Å²) in [6.07, 6.45) is 2.08. The van der Waals surface area contributed by atoms with Gasteiger partial charge in [0.15, 0.2) is 0 Å². The third-order valence-electron chi connectivity index (χ3n) is 1.97.